The van der Waals surface area contributed by atoms with E-state index in [9.17, 15) is 4.79 Å². The molecule has 114 valence electrons. The number of hydrogen-bond acceptors (Lipinski definition) is 3. The zero-order valence-electron chi connectivity index (χ0n) is 13.2. The summed E-state index contributed by atoms with van der Waals surface area (Å²) < 4.78 is 0. The first-order chi connectivity index (χ1) is 10.1. The van der Waals surface area contributed by atoms with Gasteiger partial charge in [0.1, 0.15) is 0 Å². The van der Waals surface area contributed by atoms with Crippen LogP contribution in [0.1, 0.15) is 42.1 Å². The summed E-state index contributed by atoms with van der Waals surface area (Å²) in [5.74, 6) is 0.259. The number of carbonyl (C=O) groups excluding carboxylic acids is 1. The van der Waals surface area contributed by atoms with Crippen molar-refractivity contribution in [2.24, 2.45) is 0 Å². The van der Waals surface area contributed by atoms with Crippen molar-refractivity contribution in [1.82, 2.24) is 9.80 Å². The minimum absolute atomic E-state index is 0.259. The van der Waals surface area contributed by atoms with Crippen LogP contribution in [-0.2, 0) is 0 Å². The molecule has 1 aromatic rings. The number of benzene rings is 1. The third kappa shape index (κ3) is 3.35. The lowest BCUT2D eigenvalue weighted by Gasteiger charge is -2.47. The Morgan fingerprint density at radius 3 is 2.95 bits per heavy atom. The van der Waals surface area contributed by atoms with Crippen molar-refractivity contribution in [3.63, 3.8) is 0 Å². The Labute approximate surface area is 127 Å². The molecule has 2 aliphatic rings. The first-order valence-electron chi connectivity index (χ1n) is 8.21. The molecule has 2 saturated heterocycles. The standard InChI is InChI=1S/C18H26N2O/c1-14-6-5-7-16(10-14)18(21)13-20-12-17-8-3-4-9-19(17)11-15(20)2/h5-7,10,15,17H,3-4,8-9,11-13H2,1-2H3. The number of carbonyl (C=O) groups is 1. The van der Waals surface area contributed by atoms with E-state index in [1.807, 2.05) is 31.2 Å². The second-order valence-corrected chi connectivity index (χ2v) is 6.72. The van der Waals surface area contributed by atoms with Gasteiger partial charge in [0.2, 0.25) is 0 Å². The van der Waals surface area contributed by atoms with Crippen molar-refractivity contribution in [3.8, 4) is 0 Å². The van der Waals surface area contributed by atoms with Gasteiger partial charge >= 0.3 is 0 Å². The van der Waals surface area contributed by atoms with E-state index in [2.05, 4.69) is 16.7 Å². The predicted octanol–water partition coefficient (Wildman–Crippen LogP) is 2.74. The molecule has 0 spiro atoms. The van der Waals surface area contributed by atoms with Gasteiger partial charge in [-0.1, -0.05) is 30.2 Å². The van der Waals surface area contributed by atoms with Crippen LogP contribution < -0.4 is 0 Å². The van der Waals surface area contributed by atoms with E-state index in [4.69, 9.17) is 0 Å². The third-order valence-electron chi connectivity index (χ3n) is 5.00. The Hall–Kier alpha value is -1.19. The maximum atomic E-state index is 12.5. The van der Waals surface area contributed by atoms with Crippen LogP contribution in [0.25, 0.3) is 0 Å². The lowest BCUT2D eigenvalue weighted by molar-refractivity contribution is 0.0166. The third-order valence-corrected chi connectivity index (χ3v) is 5.00. The molecule has 0 saturated carbocycles. The van der Waals surface area contributed by atoms with Crippen molar-refractivity contribution >= 4 is 5.78 Å². The van der Waals surface area contributed by atoms with E-state index in [0.29, 0.717) is 18.6 Å². The number of Topliss-reactive ketones (excluding diaryl/α,β-unsaturated/α-hetero) is 1. The van der Waals surface area contributed by atoms with Crippen LogP contribution in [0.4, 0.5) is 0 Å². The largest absolute Gasteiger partial charge is 0.298 e. The second kappa shape index (κ2) is 6.29. The highest BCUT2D eigenvalue weighted by Crippen LogP contribution is 2.24. The molecule has 0 aromatic heterocycles. The second-order valence-electron chi connectivity index (χ2n) is 6.72. The lowest BCUT2D eigenvalue weighted by atomic mass is 9.96. The van der Waals surface area contributed by atoms with E-state index in [1.54, 1.807) is 0 Å². The highest BCUT2D eigenvalue weighted by Gasteiger charge is 2.33. The van der Waals surface area contributed by atoms with E-state index < -0.39 is 0 Å². The fourth-order valence-electron chi connectivity index (χ4n) is 3.73. The summed E-state index contributed by atoms with van der Waals surface area (Å²) in [7, 11) is 0. The minimum Gasteiger partial charge on any atom is -0.298 e. The Balaban J connectivity index is 1.65. The maximum absolute atomic E-state index is 12.5. The lowest BCUT2D eigenvalue weighted by Crippen LogP contribution is -2.59. The van der Waals surface area contributed by atoms with Crippen LogP contribution in [0, 0.1) is 6.92 Å². The summed E-state index contributed by atoms with van der Waals surface area (Å²) >= 11 is 0. The van der Waals surface area contributed by atoms with Crippen molar-refractivity contribution in [2.45, 2.75) is 45.2 Å². The van der Waals surface area contributed by atoms with Gasteiger partial charge in [0.05, 0.1) is 6.54 Å². The Bertz CT molecular complexity index is 514. The SMILES string of the molecule is Cc1cccc(C(=O)CN2CC3CCCCN3CC2C)c1. The molecule has 0 N–H and O–H groups in total. The summed E-state index contributed by atoms with van der Waals surface area (Å²) in [5, 5.41) is 0. The van der Waals surface area contributed by atoms with E-state index in [-0.39, 0.29) is 5.78 Å². The van der Waals surface area contributed by atoms with Gasteiger partial charge < -0.3 is 0 Å². The van der Waals surface area contributed by atoms with Gasteiger partial charge in [0, 0.05) is 30.7 Å². The van der Waals surface area contributed by atoms with Crippen molar-refractivity contribution < 1.29 is 4.79 Å². The number of rotatable bonds is 3. The molecule has 0 bridgehead atoms. The van der Waals surface area contributed by atoms with Crippen LogP contribution in [0.2, 0.25) is 0 Å². The van der Waals surface area contributed by atoms with Gasteiger partial charge in [-0.05, 0) is 39.3 Å². The van der Waals surface area contributed by atoms with Gasteiger partial charge in [-0.2, -0.15) is 0 Å². The number of fused-ring (bicyclic) bond motifs is 1. The van der Waals surface area contributed by atoms with E-state index in [0.717, 1.165) is 24.2 Å². The predicted molar refractivity (Wildman–Crippen MR) is 85.8 cm³/mol. The summed E-state index contributed by atoms with van der Waals surface area (Å²) in [4.78, 5) is 17.5. The molecule has 2 fully saturated rings. The van der Waals surface area contributed by atoms with Gasteiger partial charge in [-0.25, -0.2) is 0 Å². The highest BCUT2D eigenvalue weighted by molar-refractivity contribution is 5.97. The normalized spacial score (nSPS) is 27.3. The maximum Gasteiger partial charge on any atom is 0.176 e. The number of ketones is 1. The van der Waals surface area contributed by atoms with Gasteiger partial charge in [0.15, 0.2) is 5.78 Å². The molecule has 0 aliphatic carbocycles. The van der Waals surface area contributed by atoms with Crippen LogP contribution in [0.15, 0.2) is 24.3 Å². The van der Waals surface area contributed by atoms with Crippen molar-refractivity contribution in [1.29, 1.82) is 0 Å². The molecule has 0 radical (unpaired) electrons. The summed E-state index contributed by atoms with van der Waals surface area (Å²) in [6.45, 7) is 8.28. The van der Waals surface area contributed by atoms with E-state index >= 15 is 0 Å². The average Bonchev–Trinajstić information content (AvgIpc) is 2.48. The number of hydrogen-bond donors (Lipinski definition) is 0. The average molecular weight is 286 g/mol. The zero-order valence-corrected chi connectivity index (χ0v) is 13.2. The van der Waals surface area contributed by atoms with Gasteiger partial charge in [-0.15, -0.1) is 0 Å². The fourth-order valence-corrected chi connectivity index (χ4v) is 3.73. The smallest absolute Gasteiger partial charge is 0.176 e. The summed E-state index contributed by atoms with van der Waals surface area (Å²) in [6.07, 6.45) is 3.97. The molecule has 3 rings (SSSR count). The summed E-state index contributed by atoms with van der Waals surface area (Å²) in [6, 6.07) is 9.11. The molecule has 2 unspecified atom stereocenters. The van der Waals surface area contributed by atoms with E-state index in [1.165, 1.54) is 25.8 Å². The Morgan fingerprint density at radius 2 is 2.14 bits per heavy atom. The number of piperazine rings is 1. The van der Waals surface area contributed by atoms with Crippen LogP contribution >= 0.6 is 0 Å². The first-order valence-corrected chi connectivity index (χ1v) is 8.21. The van der Waals surface area contributed by atoms with Gasteiger partial charge in [-0.3, -0.25) is 14.6 Å². The van der Waals surface area contributed by atoms with Gasteiger partial charge in [0.25, 0.3) is 0 Å². The molecule has 3 heteroatoms. The molecule has 2 heterocycles. The monoisotopic (exact) mass is 286 g/mol. The molecular weight excluding hydrogens is 260 g/mol. The molecule has 0 amide bonds. The molecule has 3 nitrogen and oxygen atoms in total. The number of piperidine rings is 1. The Morgan fingerprint density at radius 1 is 1.29 bits per heavy atom. The summed E-state index contributed by atoms with van der Waals surface area (Å²) in [5.41, 5.74) is 2.01. The topological polar surface area (TPSA) is 23.6 Å². The highest BCUT2D eigenvalue weighted by atomic mass is 16.1. The quantitative estimate of drug-likeness (QED) is 0.798. The van der Waals surface area contributed by atoms with Crippen LogP contribution in [0.3, 0.4) is 0 Å². The molecule has 2 aliphatic heterocycles. The van der Waals surface area contributed by atoms with Crippen molar-refractivity contribution in [3.05, 3.63) is 35.4 Å². The van der Waals surface area contributed by atoms with Crippen molar-refractivity contribution in [2.75, 3.05) is 26.2 Å². The van der Waals surface area contributed by atoms with Crippen LogP contribution in [0.5, 0.6) is 0 Å². The molecular formula is C18H26N2O. The fraction of sp³-hybridized carbons (Fsp3) is 0.611. The number of nitrogens with zero attached hydrogens (tertiary/aromatic N) is 2. The molecule has 1 aromatic carbocycles. The zero-order chi connectivity index (χ0) is 14.8. The molecule has 21 heavy (non-hydrogen) atoms. The van der Waals surface area contributed by atoms with Crippen LogP contribution in [-0.4, -0.2) is 53.8 Å². The Kier molecular flexibility index (Phi) is 4.41. The first kappa shape index (κ1) is 14.7. The minimum atomic E-state index is 0.259. The number of aryl methyl sites for hydroxylation is 1. The molecule has 2 atom stereocenters.